The van der Waals surface area contributed by atoms with Crippen LogP contribution in [0.25, 0.3) is 0 Å². The molecule has 0 heterocycles. The average molecular weight is 304 g/mol. The SMILES string of the molecule is CCC(CC)(CNC(=O)C(C#N)Cc1ccccc1)SC. The molecule has 114 valence electrons. The molecule has 1 aromatic carbocycles. The van der Waals surface area contributed by atoms with Gasteiger partial charge >= 0.3 is 0 Å². The summed E-state index contributed by atoms with van der Waals surface area (Å²) in [6.07, 6.45) is 4.54. The Bertz CT molecular complexity index is 469. The van der Waals surface area contributed by atoms with E-state index in [1.807, 2.05) is 30.3 Å². The number of benzene rings is 1. The molecule has 1 atom stereocenters. The molecular weight excluding hydrogens is 280 g/mol. The summed E-state index contributed by atoms with van der Waals surface area (Å²) in [6.45, 7) is 4.89. The van der Waals surface area contributed by atoms with Crippen LogP contribution in [0, 0.1) is 17.2 Å². The minimum absolute atomic E-state index is 0.0718. The third-order valence-electron chi connectivity index (χ3n) is 4.06. The van der Waals surface area contributed by atoms with Crippen LogP contribution in [-0.2, 0) is 11.2 Å². The van der Waals surface area contributed by atoms with Gasteiger partial charge in [0.15, 0.2) is 0 Å². The summed E-state index contributed by atoms with van der Waals surface area (Å²) in [5.74, 6) is -0.789. The summed E-state index contributed by atoms with van der Waals surface area (Å²) in [5, 5.41) is 12.2. The zero-order chi connectivity index (χ0) is 15.7. The van der Waals surface area contributed by atoms with Gasteiger partial charge in [0.2, 0.25) is 5.91 Å². The zero-order valence-electron chi connectivity index (χ0n) is 13.1. The van der Waals surface area contributed by atoms with Gasteiger partial charge in [0.1, 0.15) is 5.92 Å². The van der Waals surface area contributed by atoms with E-state index < -0.39 is 5.92 Å². The number of nitrogens with one attached hydrogen (secondary N) is 1. The number of nitriles is 1. The molecule has 0 radical (unpaired) electrons. The lowest BCUT2D eigenvalue weighted by molar-refractivity contribution is -0.123. The fourth-order valence-electron chi connectivity index (χ4n) is 2.28. The van der Waals surface area contributed by atoms with Crippen molar-refractivity contribution in [3.05, 3.63) is 35.9 Å². The van der Waals surface area contributed by atoms with Gasteiger partial charge in [-0.1, -0.05) is 44.2 Å². The molecule has 0 aliphatic carbocycles. The van der Waals surface area contributed by atoms with Gasteiger partial charge in [-0.2, -0.15) is 17.0 Å². The van der Waals surface area contributed by atoms with Gasteiger partial charge in [0.25, 0.3) is 0 Å². The number of amides is 1. The molecule has 0 saturated carbocycles. The molecule has 3 nitrogen and oxygen atoms in total. The first-order valence-electron chi connectivity index (χ1n) is 7.37. The molecule has 1 unspecified atom stereocenters. The van der Waals surface area contributed by atoms with Crippen molar-refractivity contribution in [1.82, 2.24) is 5.32 Å². The highest BCUT2D eigenvalue weighted by Gasteiger charge is 2.27. The van der Waals surface area contributed by atoms with E-state index in [0.29, 0.717) is 13.0 Å². The van der Waals surface area contributed by atoms with Crippen molar-refractivity contribution in [1.29, 1.82) is 5.26 Å². The van der Waals surface area contributed by atoms with E-state index in [-0.39, 0.29) is 10.7 Å². The molecule has 0 saturated heterocycles. The van der Waals surface area contributed by atoms with Crippen molar-refractivity contribution in [2.24, 2.45) is 5.92 Å². The first-order valence-corrected chi connectivity index (χ1v) is 8.59. The summed E-state index contributed by atoms with van der Waals surface area (Å²) in [4.78, 5) is 12.2. The van der Waals surface area contributed by atoms with Crippen molar-refractivity contribution < 1.29 is 4.79 Å². The third kappa shape index (κ3) is 5.09. The second-order valence-electron chi connectivity index (χ2n) is 5.18. The highest BCUT2D eigenvalue weighted by Crippen LogP contribution is 2.29. The third-order valence-corrected chi connectivity index (χ3v) is 5.65. The number of nitrogens with zero attached hydrogens (tertiary/aromatic N) is 1. The second-order valence-corrected chi connectivity index (χ2v) is 6.46. The first-order chi connectivity index (χ1) is 10.1. The Hall–Kier alpha value is -1.47. The van der Waals surface area contributed by atoms with Crippen LogP contribution in [0.3, 0.4) is 0 Å². The number of rotatable bonds is 8. The van der Waals surface area contributed by atoms with E-state index in [0.717, 1.165) is 18.4 Å². The highest BCUT2D eigenvalue weighted by molar-refractivity contribution is 8.00. The minimum Gasteiger partial charge on any atom is -0.354 e. The van der Waals surface area contributed by atoms with Crippen molar-refractivity contribution in [2.75, 3.05) is 12.8 Å². The molecule has 0 spiro atoms. The summed E-state index contributed by atoms with van der Waals surface area (Å²) < 4.78 is 0.0718. The van der Waals surface area contributed by atoms with Gasteiger partial charge < -0.3 is 5.32 Å². The van der Waals surface area contributed by atoms with Gasteiger partial charge in [-0.05, 0) is 31.1 Å². The standard InChI is InChI=1S/C17H24N2OS/c1-4-17(5-2,21-3)13-19-16(20)15(12-18)11-14-9-7-6-8-10-14/h6-10,15H,4-5,11,13H2,1-3H3,(H,19,20). The first kappa shape index (κ1) is 17.6. The van der Waals surface area contributed by atoms with Crippen molar-refractivity contribution in [3.63, 3.8) is 0 Å². The maximum absolute atomic E-state index is 12.2. The van der Waals surface area contributed by atoms with Crippen LogP contribution < -0.4 is 5.32 Å². The number of hydrogen-bond acceptors (Lipinski definition) is 3. The molecule has 0 aliphatic rings. The molecule has 0 aliphatic heterocycles. The lowest BCUT2D eigenvalue weighted by Gasteiger charge is -2.30. The van der Waals surface area contributed by atoms with Crippen molar-refractivity contribution in [3.8, 4) is 6.07 Å². The quantitative estimate of drug-likeness (QED) is 0.801. The topological polar surface area (TPSA) is 52.9 Å². The molecule has 0 fully saturated rings. The van der Waals surface area contributed by atoms with Crippen LogP contribution in [0.5, 0.6) is 0 Å². The van der Waals surface area contributed by atoms with Crippen LogP contribution in [0.15, 0.2) is 30.3 Å². The summed E-state index contributed by atoms with van der Waals surface area (Å²) in [6, 6.07) is 11.8. The average Bonchev–Trinajstić information content (AvgIpc) is 2.55. The van der Waals surface area contributed by atoms with E-state index in [2.05, 4.69) is 31.5 Å². The van der Waals surface area contributed by atoms with Gasteiger partial charge in [-0.3, -0.25) is 4.79 Å². The molecule has 1 amide bonds. The van der Waals surface area contributed by atoms with E-state index in [4.69, 9.17) is 0 Å². The Balaban J connectivity index is 2.62. The van der Waals surface area contributed by atoms with Crippen LogP contribution in [-0.4, -0.2) is 23.5 Å². The molecule has 0 bridgehead atoms. The summed E-state index contributed by atoms with van der Waals surface area (Å²) >= 11 is 1.79. The normalized spacial score (nSPS) is 12.5. The smallest absolute Gasteiger partial charge is 0.237 e. The van der Waals surface area contributed by atoms with E-state index in [1.165, 1.54) is 0 Å². The lowest BCUT2D eigenvalue weighted by atomic mass is 9.98. The molecule has 4 heteroatoms. The Morgan fingerprint density at radius 3 is 2.43 bits per heavy atom. The minimum atomic E-state index is -0.624. The van der Waals surface area contributed by atoms with Crippen molar-refractivity contribution >= 4 is 17.7 Å². The van der Waals surface area contributed by atoms with Crippen LogP contribution in [0.2, 0.25) is 0 Å². The Kier molecular flexibility index (Phi) is 7.31. The van der Waals surface area contributed by atoms with Gasteiger partial charge in [-0.25, -0.2) is 0 Å². The van der Waals surface area contributed by atoms with E-state index in [1.54, 1.807) is 11.8 Å². The number of carbonyl (C=O) groups excluding carboxylic acids is 1. The highest BCUT2D eigenvalue weighted by atomic mass is 32.2. The summed E-state index contributed by atoms with van der Waals surface area (Å²) in [7, 11) is 0. The maximum Gasteiger partial charge on any atom is 0.237 e. The van der Waals surface area contributed by atoms with Gasteiger partial charge in [-0.15, -0.1) is 0 Å². The molecule has 1 N–H and O–H groups in total. The Labute approximate surface area is 132 Å². The largest absolute Gasteiger partial charge is 0.354 e. The van der Waals surface area contributed by atoms with Crippen molar-refractivity contribution in [2.45, 2.75) is 37.9 Å². The molecule has 0 aromatic heterocycles. The predicted molar refractivity (Wildman–Crippen MR) is 89.1 cm³/mol. The molecular formula is C17H24N2OS. The lowest BCUT2D eigenvalue weighted by Crippen LogP contribution is -2.42. The monoisotopic (exact) mass is 304 g/mol. The fraction of sp³-hybridized carbons (Fsp3) is 0.529. The van der Waals surface area contributed by atoms with Gasteiger partial charge in [0.05, 0.1) is 6.07 Å². The zero-order valence-corrected chi connectivity index (χ0v) is 13.9. The van der Waals surface area contributed by atoms with E-state index >= 15 is 0 Å². The summed E-state index contributed by atoms with van der Waals surface area (Å²) in [5.41, 5.74) is 1.02. The molecule has 21 heavy (non-hydrogen) atoms. The predicted octanol–water partition coefficient (Wildman–Crippen LogP) is 3.41. The Morgan fingerprint density at radius 2 is 1.95 bits per heavy atom. The number of hydrogen-bond donors (Lipinski definition) is 1. The second kappa shape index (κ2) is 8.74. The fourth-order valence-corrected chi connectivity index (χ4v) is 3.07. The van der Waals surface area contributed by atoms with Crippen LogP contribution in [0.1, 0.15) is 32.3 Å². The van der Waals surface area contributed by atoms with Crippen LogP contribution >= 0.6 is 11.8 Å². The number of carbonyl (C=O) groups is 1. The van der Waals surface area contributed by atoms with Crippen LogP contribution in [0.4, 0.5) is 0 Å². The van der Waals surface area contributed by atoms with E-state index in [9.17, 15) is 10.1 Å². The Morgan fingerprint density at radius 1 is 1.33 bits per heavy atom. The van der Waals surface area contributed by atoms with Gasteiger partial charge in [0, 0.05) is 11.3 Å². The molecule has 1 rings (SSSR count). The molecule has 1 aromatic rings. The maximum atomic E-state index is 12.2. The number of thioether (sulfide) groups is 1.